The Morgan fingerprint density at radius 3 is 2.57 bits per heavy atom. The fraction of sp³-hybridized carbons (Fsp3) is 0. The molecule has 0 bridgehead atoms. The molecule has 0 spiro atoms. The Hall–Kier alpha value is -2.40. The zero-order chi connectivity index (χ0) is 14.8. The van der Waals surface area contributed by atoms with Gasteiger partial charge in [-0.1, -0.05) is 29.8 Å². The molecule has 0 aliphatic heterocycles. The number of imidazole rings is 1. The zero-order valence-electron chi connectivity index (χ0n) is 10.7. The van der Waals surface area contributed by atoms with Crippen LogP contribution in [-0.4, -0.2) is 9.55 Å². The molecular formula is C15H10ClF2N3. The van der Waals surface area contributed by atoms with E-state index < -0.39 is 11.6 Å². The quantitative estimate of drug-likeness (QED) is 0.769. The highest BCUT2D eigenvalue weighted by molar-refractivity contribution is 6.33. The number of anilines is 2. The van der Waals surface area contributed by atoms with Gasteiger partial charge in [-0.25, -0.2) is 13.8 Å². The lowest BCUT2D eigenvalue weighted by Crippen LogP contribution is -2.03. The predicted octanol–water partition coefficient (Wildman–Crippen LogP) is 4.55. The van der Waals surface area contributed by atoms with Crippen molar-refractivity contribution in [2.24, 2.45) is 0 Å². The first kappa shape index (κ1) is 13.6. The van der Waals surface area contributed by atoms with Crippen LogP contribution in [0.3, 0.4) is 0 Å². The Morgan fingerprint density at radius 1 is 1.10 bits per heavy atom. The van der Waals surface area contributed by atoms with E-state index in [2.05, 4.69) is 10.3 Å². The third kappa shape index (κ3) is 2.73. The second-order valence-electron chi connectivity index (χ2n) is 4.33. The molecule has 21 heavy (non-hydrogen) atoms. The Morgan fingerprint density at radius 2 is 1.86 bits per heavy atom. The van der Waals surface area contributed by atoms with Gasteiger partial charge in [-0.15, -0.1) is 0 Å². The minimum absolute atomic E-state index is 0.0125. The van der Waals surface area contributed by atoms with E-state index in [4.69, 9.17) is 11.6 Å². The van der Waals surface area contributed by atoms with Crippen LogP contribution in [0, 0.1) is 11.6 Å². The van der Waals surface area contributed by atoms with Crippen LogP contribution in [0.5, 0.6) is 0 Å². The van der Waals surface area contributed by atoms with Gasteiger partial charge in [-0.2, -0.15) is 0 Å². The van der Waals surface area contributed by atoms with Gasteiger partial charge in [0.05, 0.1) is 10.7 Å². The standard InChI is InChI=1S/C15H10ClF2N3/c16-12-8-10(17)9-13(18)14(12)20-15-19-6-7-21(15)11-4-2-1-3-5-11/h1-9H,(H,19,20). The molecule has 3 rings (SSSR count). The maximum atomic E-state index is 13.8. The van der Waals surface area contributed by atoms with Crippen molar-refractivity contribution in [3.05, 3.63) is 71.5 Å². The third-order valence-electron chi connectivity index (χ3n) is 2.92. The molecule has 6 heteroatoms. The molecule has 0 fully saturated rings. The monoisotopic (exact) mass is 305 g/mol. The highest BCUT2D eigenvalue weighted by Crippen LogP contribution is 2.29. The topological polar surface area (TPSA) is 29.9 Å². The van der Waals surface area contributed by atoms with E-state index in [0.717, 1.165) is 17.8 Å². The molecule has 1 N–H and O–H groups in total. The summed E-state index contributed by atoms with van der Waals surface area (Å²) in [6.07, 6.45) is 3.30. The van der Waals surface area contributed by atoms with E-state index in [1.54, 1.807) is 17.0 Å². The molecule has 2 aromatic carbocycles. The van der Waals surface area contributed by atoms with Crippen LogP contribution in [0.2, 0.25) is 5.02 Å². The first-order valence-corrected chi connectivity index (χ1v) is 6.53. The lowest BCUT2D eigenvalue weighted by Gasteiger charge is -2.11. The Bertz CT molecular complexity index is 749. The van der Waals surface area contributed by atoms with Gasteiger partial charge in [-0.3, -0.25) is 4.57 Å². The highest BCUT2D eigenvalue weighted by Gasteiger charge is 2.13. The van der Waals surface area contributed by atoms with Crippen LogP contribution < -0.4 is 5.32 Å². The molecule has 0 saturated carbocycles. The molecular weight excluding hydrogens is 296 g/mol. The second kappa shape index (κ2) is 5.54. The second-order valence-corrected chi connectivity index (χ2v) is 4.73. The molecule has 1 heterocycles. The summed E-state index contributed by atoms with van der Waals surface area (Å²) in [5.41, 5.74) is 0.845. The average Bonchev–Trinajstić information content (AvgIpc) is 2.92. The lowest BCUT2D eigenvalue weighted by atomic mass is 10.3. The van der Waals surface area contributed by atoms with Crippen LogP contribution in [0.1, 0.15) is 0 Å². The minimum Gasteiger partial charge on any atom is -0.322 e. The molecule has 0 unspecified atom stereocenters. The average molecular weight is 306 g/mol. The van der Waals surface area contributed by atoms with Crippen LogP contribution >= 0.6 is 11.6 Å². The van der Waals surface area contributed by atoms with Crippen molar-refractivity contribution < 1.29 is 8.78 Å². The Balaban J connectivity index is 1.99. The van der Waals surface area contributed by atoms with E-state index in [1.807, 2.05) is 30.3 Å². The largest absolute Gasteiger partial charge is 0.322 e. The van der Waals surface area contributed by atoms with Crippen molar-refractivity contribution in [2.45, 2.75) is 0 Å². The Kier molecular flexibility index (Phi) is 3.58. The molecule has 0 amide bonds. The number of hydrogen-bond acceptors (Lipinski definition) is 2. The lowest BCUT2D eigenvalue weighted by molar-refractivity contribution is 0.586. The van der Waals surface area contributed by atoms with Gasteiger partial charge in [0.15, 0.2) is 5.82 Å². The van der Waals surface area contributed by atoms with Gasteiger partial charge >= 0.3 is 0 Å². The molecule has 106 valence electrons. The Labute approximate surface area is 124 Å². The number of nitrogens with zero attached hydrogens (tertiary/aromatic N) is 2. The van der Waals surface area contributed by atoms with Gasteiger partial charge < -0.3 is 5.32 Å². The summed E-state index contributed by atoms with van der Waals surface area (Å²) in [6.45, 7) is 0. The molecule has 1 aromatic heterocycles. The predicted molar refractivity (Wildman–Crippen MR) is 78.2 cm³/mol. The van der Waals surface area contributed by atoms with Crippen molar-refractivity contribution in [1.82, 2.24) is 9.55 Å². The molecule has 0 saturated heterocycles. The third-order valence-corrected chi connectivity index (χ3v) is 3.22. The SMILES string of the molecule is Fc1cc(F)c(Nc2nccn2-c2ccccc2)c(Cl)c1. The van der Waals surface area contributed by atoms with E-state index in [0.29, 0.717) is 5.95 Å². The minimum atomic E-state index is -0.775. The van der Waals surface area contributed by atoms with Crippen molar-refractivity contribution in [3.63, 3.8) is 0 Å². The summed E-state index contributed by atoms with van der Waals surface area (Å²) >= 11 is 5.87. The fourth-order valence-electron chi connectivity index (χ4n) is 1.97. The molecule has 0 atom stereocenters. The number of hydrogen-bond donors (Lipinski definition) is 1. The number of halogens is 3. The summed E-state index contributed by atoms with van der Waals surface area (Å²) in [5.74, 6) is -1.12. The van der Waals surface area contributed by atoms with Gasteiger partial charge in [0.2, 0.25) is 5.95 Å². The first-order valence-electron chi connectivity index (χ1n) is 6.15. The maximum absolute atomic E-state index is 13.8. The van der Waals surface area contributed by atoms with Crippen molar-refractivity contribution in [2.75, 3.05) is 5.32 Å². The van der Waals surface area contributed by atoms with Crippen LogP contribution in [0.25, 0.3) is 5.69 Å². The number of rotatable bonds is 3. The van der Waals surface area contributed by atoms with Gasteiger partial charge in [0.25, 0.3) is 0 Å². The smallest absolute Gasteiger partial charge is 0.212 e. The van der Waals surface area contributed by atoms with Crippen molar-refractivity contribution in [1.29, 1.82) is 0 Å². The van der Waals surface area contributed by atoms with E-state index in [-0.39, 0.29) is 10.7 Å². The van der Waals surface area contributed by atoms with Crippen LogP contribution in [0.4, 0.5) is 20.4 Å². The number of para-hydroxylation sites is 1. The zero-order valence-corrected chi connectivity index (χ0v) is 11.5. The summed E-state index contributed by atoms with van der Waals surface area (Å²) in [4.78, 5) is 4.13. The highest BCUT2D eigenvalue weighted by atomic mass is 35.5. The van der Waals surface area contributed by atoms with Crippen LogP contribution in [0.15, 0.2) is 54.9 Å². The van der Waals surface area contributed by atoms with Crippen LogP contribution in [-0.2, 0) is 0 Å². The number of nitrogens with one attached hydrogen (secondary N) is 1. The molecule has 0 aliphatic rings. The van der Waals surface area contributed by atoms with Crippen molar-refractivity contribution in [3.8, 4) is 5.69 Å². The van der Waals surface area contributed by atoms with E-state index in [9.17, 15) is 8.78 Å². The maximum Gasteiger partial charge on any atom is 0.212 e. The summed E-state index contributed by atoms with van der Waals surface area (Å²) < 4.78 is 28.6. The molecule has 3 aromatic rings. The normalized spacial score (nSPS) is 10.6. The summed E-state index contributed by atoms with van der Waals surface area (Å²) in [5, 5.41) is 2.75. The van der Waals surface area contributed by atoms with Gasteiger partial charge in [-0.05, 0) is 18.2 Å². The fourth-order valence-corrected chi connectivity index (χ4v) is 2.21. The van der Waals surface area contributed by atoms with Gasteiger partial charge in [0, 0.05) is 24.1 Å². The number of aromatic nitrogens is 2. The van der Waals surface area contributed by atoms with Crippen molar-refractivity contribution >= 4 is 23.2 Å². The molecule has 0 radical (unpaired) electrons. The first-order chi connectivity index (χ1) is 10.1. The van der Waals surface area contributed by atoms with Gasteiger partial charge in [0.1, 0.15) is 5.82 Å². The summed E-state index contributed by atoms with van der Waals surface area (Å²) in [7, 11) is 0. The molecule has 3 nitrogen and oxygen atoms in total. The number of benzene rings is 2. The van der Waals surface area contributed by atoms with E-state index in [1.165, 1.54) is 0 Å². The van der Waals surface area contributed by atoms with E-state index >= 15 is 0 Å². The summed E-state index contributed by atoms with van der Waals surface area (Å²) in [6, 6.07) is 11.2. The molecule has 0 aliphatic carbocycles.